The standard InChI is InChI=1S/C24H31FN2O4S/c1-4-17(2)13-26(24(29)16-30-3)14-23(28)27-11-9-22-20(10-12-32-22)21(27)15-31-19-7-5-18(25)6-8-19/h5-8,10,12,17,21H,4,9,11,13-16H2,1-3H3/t17-,21-/m1/s1. The Labute approximate surface area is 192 Å². The van der Waals surface area contributed by atoms with Crippen molar-refractivity contribution in [2.45, 2.75) is 32.7 Å². The Balaban J connectivity index is 1.75. The van der Waals surface area contributed by atoms with E-state index in [1.165, 1.54) is 24.1 Å². The molecule has 0 spiro atoms. The molecule has 3 rings (SSSR count). The second-order valence-corrected chi connectivity index (χ2v) is 9.14. The molecule has 1 aliphatic rings. The van der Waals surface area contributed by atoms with Crippen LogP contribution in [-0.4, -0.2) is 61.6 Å². The van der Waals surface area contributed by atoms with E-state index in [-0.39, 0.29) is 49.3 Å². The fourth-order valence-electron chi connectivity index (χ4n) is 3.81. The van der Waals surface area contributed by atoms with Gasteiger partial charge >= 0.3 is 0 Å². The summed E-state index contributed by atoms with van der Waals surface area (Å²) >= 11 is 1.68. The summed E-state index contributed by atoms with van der Waals surface area (Å²) in [6, 6.07) is 7.63. The zero-order chi connectivity index (χ0) is 23.1. The van der Waals surface area contributed by atoms with Crippen LogP contribution in [-0.2, 0) is 20.7 Å². The molecule has 1 aromatic carbocycles. The highest BCUT2D eigenvalue weighted by atomic mass is 32.1. The first kappa shape index (κ1) is 24.2. The van der Waals surface area contributed by atoms with Gasteiger partial charge in [0.25, 0.3) is 0 Å². The summed E-state index contributed by atoms with van der Waals surface area (Å²) in [5.74, 6) is 0.214. The smallest absolute Gasteiger partial charge is 0.249 e. The number of thiophene rings is 1. The molecule has 0 unspecified atom stereocenters. The Morgan fingerprint density at radius 1 is 1.28 bits per heavy atom. The molecule has 0 bridgehead atoms. The largest absolute Gasteiger partial charge is 0.491 e. The van der Waals surface area contributed by atoms with Crippen molar-refractivity contribution in [3.63, 3.8) is 0 Å². The van der Waals surface area contributed by atoms with E-state index < -0.39 is 0 Å². The van der Waals surface area contributed by atoms with E-state index in [0.29, 0.717) is 18.8 Å². The van der Waals surface area contributed by atoms with E-state index >= 15 is 0 Å². The van der Waals surface area contributed by atoms with Crippen LogP contribution in [0.1, 0.15) is 36.8 Å². The molecule has 2 amide bonds. The van der Waals surface area contributed by atoms with Crippen LogP contribution < -0.4 is 4.74 Å². The van der Waals surface area contributed by atoms with Crippen molar-refractivity contribution in [2.24, 2.45) is 5.92 Å². The minimum atomic E-state index is -0.325. The Morgan fingerprint density at radius 2 is 2.03 bits per heavy atom. The van der Waals surface area contributed by atoms with Gasteiger partial charge in [0.05, 0.1) is 12.6 Å². The lowest BCUT2D eigenvalue weighted by Crippen LogP contribution is -2.49. The van der Waals surface area contributed by atoms with Crippen LogP contribution in [0.4, 0.5) is 4.39 Å². The number of methoxy groups -OCH3 is 1. The Morgan fingerprint density at radius 3 is 2.72 bits per heavy atom. The van der Waals surface area contributed by atoms with Crippen LogP contribution in [0.3, 0.4) is 0 Å². The first-order valence-corrected chi connectivity index (χ1v) is 11.8. The average Bonchev–Trinajstić information content (AvgIpc) is 3.27. The van der Waals surface area contributed by atoms with Gasteiger partial charge in [-0.1, -0.05) is 20.3 Å². The van der Waals surface area contributed by atoms with Crippen LogP contribution in [0.5, 0.6) is 5.75 Å². The van der Waals surface area contributed by atoms with Crippen molar-refractivity contribution >= 4 is 23.2 Å². The van der Waals surface area contributed by atoms with Crippen LogP contribution in [0, 0.1) is 11.7 Å². The minimum Gasteiger partial charge on any atom is -0.491 e. The normalized spacial score (nSPS) is 16.4. The Hall–Kier alpha value is -2.45. The number of benzene rings is 1. The van der Waals surface area contributed by atoms with Crippen LogP contribution in [0.15, 0.2) is 35.7 Å². The van der Waals surface area contributed by atoms with Crippen molar-refractivity contribution in [1.82, 2.24) is 9.80 Å². The molecule has 0 aliphatic carbocycles. The summed E-state index contributed by atoms with van der Waals surface area (Å²) in [6.45, 7) is 5.44. The molecule has 2 aromatic rings. The number of fused-ring (bicyclic) bond motifs is 1. The molecule has 0 saturated heterocycles. The van der Waals surface area contributed by atoms with Gasteiger partial charge in [-0.15, -0.1) is 11.3 Å². The molecule has 2 atom stereocenters. The molecule has 0 N–H and O–H groups in total. The van der Waals surface area contributed by atoms with Crippen LogP contribution in [0.2, 0.25) is 0 Å². The number of carbonyl (C=O) groups excluding carboxylic acids is 2. The third-order valence-electron chi connectivity index (χ3n) is 5.81. The van der Waals surface area contributed by atoms with Crippen molar-refractivity contribution in [2.75, 3.05) is 40.0 Å². The molecule has 2 heterocycles. The maximum Gasteiger partial charge on any atom is 0.249 e. The first-order valence-electron chi connectivity index (χ1n) is 10.9. The molecular formula is C24H31FN2O4S. The summed E-state index contributed by atoms with van der Waals surface area (Å²) in [7, 11) is 1.48. The third kappa shape index (κ3) is 6.07. The first-order chi connectivity index (χ1) is 15.4. The number of halogens is 1. The predicted molar refractivity (Wildman–Crippen MR) is 122 cm³/mol. The Kier molecular flexibility index (Phi) is 8.64. The van der Waals surface area contributed by atoms with Crippen LogP contribution >= 0.6 is 11.3 Å². The number of ether oxygens (including phenoxy) is 2. The molecular weight excluding hydrogens is 431 g/mol. The molecule has 174 valence electrons. The molecule has 6 nitrogen and oxygen atoms in total. The van der Waals surface area contributed by atoms with Gasteiger partial charge in [-0.2, -0.15) is 0 Å². The maximum atomic E-state index is 13.4. The summed E-state index contributed by atoms with van der Waals surface area (Å²) in [5, 5.41) is 2.03. The number of hydrogen-bond donors (Lipinski definition) is 0. The summed E-state index contributed by atoms with van der Waals surface area (Å²) < 4.78 is 24.2. The van der Waals surface area contributed by atoms with Gasteiger partial charge < -0.3 is 19.3 Å². The van der Waals surface area contributed by atoms with Crippen molar-refractivity contribution in [3.05, 3.63) is 52.0 Å². The molecule has 1 aromatic heterocycles. The van der Waals surface area contributed by atoms with Crippen molar-refractivity contribution < 1.29 is 23.5 Å². The lowest BCUT2D eigenvalue weighted by Gasteiger charge is -2.37. The highest BCUT2D eigenvalue weighted by Crippen LogP contribution is 2.34. The Bertz CT molecular complexity index is 902. The number of amides is 2. The zero-order valence-electron chi connectivity index (χ0n) is 18.9. The topological polar surface area (TPSA) is 59.1 Å². The van der Waals surface area contributed by atoms with Gasteiger partial charge in [-0.25, -0.2) is 4.39 Å². The number of hydrogen-bond acceptors (Lipinski definition) is 5. The van der Waals surface area contributed by atoms with Gasteiger partial charge in [0, 0.05) is 25.1 Å². The monoisotopic (exact) mass is 462 g/mol. The summed E-state index contributed by atoms with van der Waals surface area (Å²) in [5.41, 5.74) is 1.08. The van der Waals surface area contributed by atoms with Crippen LogP contribution in [0.25, 0.3) is 0 Å². The van der Waals surface area contributed by atoms with Gasteiger partial charge in [0.2, 0.25) is 11.8 Å². The van der Waals surface area contributed by atoms with E-state index in [4.69, 9.17) is 9.47 Å². The van der Waals surface area contributed by atoms with Crippen molar-refractivity contribution in [3.8, 4) is 5.75 Å². The van der Waals surface area contributed by atoms with E-state index in [1.807, 2.05) is 16.3 Å². The van der Waals surface area contributed by atoms with Gasteiger partial charge in [-0.3, -0.25) is 9.59 Å². The van der Waals surface area contributed by atoms with E-state index in [0.717, 1.165) is 18.4 Å². The zero-order valence-corrected chi connectivity index (χ0v) is 19.7. The number of nitrogens with zero attached hydrogens (tertiary/aromatic N) is 2. The SMILES string of the molecule is CC[C@@H](C)CN(CC(=O)N1CCc2sccc2[C@H]1COc1ccc(F)cc1)C(=O)COC. The lowest BCUT2D eigenvalue weighted by molar-refractivity contribution is -0.145. The van der Waals surface area contributed by atoms with Gasteiger partial charge in [0.1, 0.15) is 24.8 Å². The fourth-order valence-corrected chi connectivity index (χ4v) is 4.74. The maximum absolute atomic E-state index is 13.4. The molecule has 1 aliphatic heterocycles. The van der Waals surface area contributed by atoms with E-state index in [2.05, 4.69) is 13.8 Å². The van der Waals surface area contributed by atoms with Gasteiger partial charge in [0.15, 0.2) is 0 Å². The minimum absolute atomic E-state index is 0.0129. The second kappa shape index (κ2) is 11.4. The summed E-state index contributed by atoms with van der Waals surface area (Å²) in [4.78, 5) is 30.6. The molecule has 0 radical (unpaired) electrons. The molecule has 8 heteroatoms. The highest BCUT2D eigenvalue weighted by Gasteiger charge is 2.33. The molecule has 32 heavy (non-hydrogen) atoms. The molecule has 0 saturated carbocycles. The quantitative estimate of drug-likeness (QED) is 0.537. The second-order valence-electron chi connectivity index (χ2n) is 8.14. The fraction of sp³-hybridized carbons (Fsp3) is 0.500. The molecule has 0 fully saturated rings. The predicted octanol–water partition coefficient (Wildman–Crippen LogP) is 3.91. The highest BCUT2D eigenvalue weighted by molar-refractivity contribution is 7.10. The van der Waals surface area contributed by atoms with Crippen molar-refractivity contribution in [1.29, 1.82) is 0 Å². The van der Waals surface area contributed by atoms with E-state index in [9.17, 15) is 14.0 Å². The number of rotatable bonds is 10. The number of carbonyl (C=O) groups is 2. The lowest BCUT2D eigenvalue weighted by atomic mass is 10.00. The third-order valence-corrected chi connectivity index (χ3v) is 6.81. The van der Waals surface area contributed by atoms with Gasteiger partial charge in [-0.05, 0) is 53.6 Å². The van der Waals surface area contributed by atoms with E-state index in [1.54, 1.807) is 28.4 Å². The summed E-state index contributed by atoms with van der Waals surface area (Å²) in [6.07, 6.45) is 1.70. The average molecular weight is 463 g/mol.